The summed E-state index contributed by atoms with van der Waals surface area (Å²) in [6.45, 7) is 27.7. The second-order valence-corrected chi connectivity index (χ2v) is 15.4. The Bertz CT molecular complexity index is 1090. The number of fused-ring (bicyclic) bond motifs is 1. The Morgan fingerprint density at radius 3 is 2.38 bits per heavy atom. The van der Waals surface area contributed by atoms with Crippen LogP contribution in [0.2, 0.25) is 0 Å². The van der Waals surface area contributed by atoms with Gasteiger partial charge in [-0.3, -0.25) is 19.4 Å². The standard InChI is InChI=1S/C29H48N4O3.C8H16O2.C2H6/c1-7-11-33-17-22(3)14-21(2)15-23(4)27(34)29(5,6)28(35)36-19-25(33)9-8-12-32-13-10-24-16-30-20-31-26(24)18-32;1-5-4-6(2)10-8(9)7(5)3;1-2/h16,20-23,25H,7-15,17-19H2,1-6H3;5-9H,4H2,1-3H3;1-2H3/t21-,22-,23-,25-;5-,6+,7+,8+;/m10./s1. The van der Waals surface area contributed by atoms with Crippen molar-refractivity contribution < 1.29 is 24.2 Å². The van der Waals surface area contributed by atoms with Gasteiger partial charge in [0.1, 0.15) is 18.3 Å². The van der Waals surface area contributed by atoms with Crippen LogP contribution in [0.25, 0.3) is 0 Å². The molecule has 2 saturated heterocycles. The zero-order valence-electron chi connectivity index (χ0n) is 32.3. The number of nitrogens with zero attached hydrogens (tertiary/aromatic N) is 4. The van der Waals surface area contributed by atoms with E-state index in [-0.39, 0.29) is 35.7 Å². The van der Waals surface area contributed by atoms with Crippen molar-refractivity contribution >= 4 is 11.8 Å². The molecule has 3 aliphatic rings. The number of aliphatic hydroxyl groups is 1. The smallest absolute Gasteiger partial charge is 0.319 e. The molecule has 48 heavy (non-hydrogen) atoms. The van der Waals surface area contributed by atoms with Crippen LogP contribution in [0.3, 0.4) is 0 Å². The maximum absolute atomic E-state index is 13.2. The largest absolute Gasteiger partial charge is 0.463 e. The lowest BCUT2D eigenvalue weighted by atomic mass is 9.78. The number of aromatic nitrogens is 2. The molecule has 0 spiro atoms. The molecule has 1 N–H and O–H groups in total. The van der Waals surface area contributed by atoms with Gasteiger partial charge < -0.3 is 14.6 Å². The molecule has 4 rings (SSSR count). The van der Waals surface area contributed by atoms with Crippen LogP contribution in [0.5, 0.6) is 0 Å². The van der Waals surface area contributed by atoms with Crippen LogP contribution in [-0.2, 0) is 32.0 Å². The van der Waals surface area contributed by atoms with E-state index in [0.29, 0.717) is 24.4 Å². The van der Waals surface area contributed by atoms with E-state index >= 15 is 0 Å². The molecule has 0 bridgehead atoms. The van der Waals surface area contributed by atoms with Gasteiger partial charge in [0.25, 0.3) is 0 Å². The van der Waals surface area contributed by atoms with Crippen LogP contribution in [0.15, 0.2) is 12.5 Å². The molecule has 276 valence electrons. The molecular weight excluding hydrogens is 604 g/mol. The molecule has 2 fully saturated rings. The van der Waals surface area contributed by atoms with Crippen LogP contribution in [0.1, 0.15) is 126 Å². The van der Waals surface area contributed by atoms with Crippen molar-refractivity contribution in [3.63, 3.8) is 0 Å². The lowest BCUT2D eigenvalue weighted by Crippen LogP contribution is -2.44. The highest BCUT2D eigenvalue weighted by Gasteiger charge is 2.41. The number of aliphatic hydroxyl groups excluding tert-OH is 1. The zero-order chi connectivity index (χ0) is 36.0. The Balaban J connectivity index is 0.000000564. The summed E-state index contributed by atoms with van der Waals surface area (Å²) in [7, 11) is 0. The summed E-state index contributed by atoms with van der Waals surface area (Å²) in [5.41, 5.74) is 1.30. The maximum Gasteiger partial charge on any atom is 0.319 e. The monoisotopic (exact) mass is 675 g/mol. The van der Waals surface area contributed by atoms with Crippen molar-refractivity contribution in [3.05, 3.63) is 23.8 Å². The summed E-state index contributed by atoms with van der Waals surface area (Å²) in [5.74, 6) is 1.32. The Kier molecular flexibility index (Phi) is 18.2. The van der Waals surface area contributed by atoms with Crippen molar-refractivity contribution in [1.82, 2.24) is 19.8 Å². The van der Waals surface area contributed by atoms with E-state index < -0.39 is 11.7 Å². The lowest BCUT2D eigenvalue weighted by Gasteiger charge is -2.35. The molecule has 0 saturated carbocycles. The van der Waals surface area contributed by atoms with E-state index in [1.807, 2.05) is 40.8 Å². The molecule has 4 heterocycles. The predicted molar refractivity (Wildman–Crippen MR) is 193 cm³/mol. The minimum atomic E-state index is -1.11. The summed E-state index contributed by atoms with van der Waals surface area (Å²) in [6.07, 6.45) is 10.3. The number of cyclic esters (lactones) is 1. The highest BCUT2D eigenvalue weighted by molar-refractivity contribution is 6.03. The predicted octanol–water partition coefficient (Wildman–Crippen LogP) is 6.95. The SMILES string of the molecule is CC.CCCN1C[C@H](C)C[C@@H](C)C[C@@H](C)C(=O)C(C)(C)C(=O)OC[C@H]1CCCN1CCc2cncnc2C1.C[C@H]1[C@H](O)O[C@H](C)C[C@@H]1C. The number of rotatable bonds is 6. The van der Waals surface area contributed by atoms with Gasteiger partial charge in [-0.15, -0.1) is 0 Å². The first-order valence-electron chi connectivity index (χ1n) is 19.0. The van der Waals surface area contributed by atoms with E-state index in [2.05, 4.69) is 47.5 Å². The number of ketones is 1. The van der Waals surface area contributed by atoms with Crippen LogP contribution >= 0.6 is 0 Å². The molecule has 3 aliphatic heterocycles. The van der Waals surface area contributed by atoms with E-state index in [1.54, 1.807) is 20.2 Å². The zero-order valence-corrected chi connectivity index (χ0v) is 32.3. The van der Waals surface area contributed by atoms with Gasteiger partial charge in [0.05, 0.1) is 11.8 Å². The number of Topliss-reactive ketones (excluding diaryl/α,β-unsaturated/α-hetero) is 1. The maximum atomic E-state index is 13.2. The number of carbonyl (C=O) groups is 2. The van der Waals surface area contributed by atoms with Gasteiger partial charge in [-0.1, -0.05) is 55.4 Å². The van der Waals surface area contributed by atoms with E-state index in [0.717, 1.165) is 83.4 Å². The van der Waals surface area contributed by atoms with Gasteiger partial charge in [-0.2, -0.15) is 0 Å². The fourth-order valence-corrected chi connectivity index (χ4v) is 7.60. The summed E-state index contributed by atoms with van der Waals surface area (Å²) < 4.78 is 11.1. The van der Waals surface area contributed by atoms with Crippen molar-refractivity contribution in [2.45, 2.75) is 146 Å². The van der Waals surface area contributed by atoms with Crippen LogP contribution < -0.4 is 0 Å². The first kappa shape index (κ1) is 42.2. The van der Waals surface area contributed by atoms with E-state index in [9.17, 15) is 14.7 Å². The number of ether oxygens (including phenoxy) is 2. The summed E-state index contributed by atoms with van der Waals surface area (Å²) >= 11 is 0. The fraction of sp³-hybridized carbons (Fsp3) is 0.846. The normalized spacial score (nSPS) is 32.1. The molecule has 0 amide bonds. The molecule has 0 unspecified atom stereocenters. The first-order valence-corrected chi connectivity index (χ1v) is 19.0. The van der Waals surface area contributed by atoms with Crippen molar-refractivity contribution in [1.29, 1.82) is 0 Å². The van der Waals surface area contributed by atoms with Crippen LogP contribution in [0.4, 0.5) is 0 Å². The summed E-state index contributed by atoms with van der Waals surface area (Å²) in [4.78, 5) is 39.9. The third-order valence-corrected chi connectivity index (χ3v) is 10.5. The molecular formula is C39H70N4O5. The van der Waals surface area contributed by atoms with Gasteiger partial charge in [-0.25, -0.2) is 9.97 Å². The van der Waals surface area contributed by atoms with Crippen molar-refractivity contribution in [3.8, 4) is 0 Å². The Morgan fingerprint density at radius 2 is 1.71 bits per heavy atom. The number of esters is 1. The number of hydrogen-bond acceptors (Lipinski definition) is 9. The Hall–Kier alpha value is -1.94. The average molecular weight is 675 g/mol. The third-order valence-electron chi connectivity index (χ3n) is 10.5. The molecule has 0 aliphatic carbocycles. The Labute approximate surface area is 293 Å². The first-order chi connectivity index (χ1) is 22.7. The minimum absolute atomic E-state index is 0.00223. The summed E-state index contributed by atoms with van der Waals surface area (Å²) in [6, 6.07) is 0.162. The minimum Gasteiger partial charge on any atom is -0.463 e. The molecule has 9 heteroatoms. The van der Waals surface area contributed by atoms with Gasteiger partial charge in [0.15, 0.2) is 12.1 Å². The number of carbonyl (C=O) groups excluding carboxylic acids is 2. The highest BCUT2D eigenvalue weighted by atomic mass is 16.6. The van der Waals surface area contributed by atoms with Gasteiger partial charge in [0, 0.05) is 43.7 Å². The van der Waals surface area contributed by atoms with Gasteiger partial charge in [0.2, 0.25) is 0 Å². The summed E-state index contributed by atoms with van der Waals surface area (Å²) in [5, 5.41) is 9.30. The molecule has 1 aromatic rings. The van der Waals surface area contributed by atoms with Gasteiger partial charge in [-0.05, 0) is 102 Å². The van der Waals surface area contributed by atoms with Crippen LogP contribution in [0, 0.1) is 35.0 Å². The number of hydrogen-bond donors (Lipinski definition) is 1. The molecule has 0 aromatic carbocycles. The van der Waals surface area contributed by atoms with E-state index in [4.69, 9.17) is 9.47 Å². The average Bonchev–Trinajstić information content (AvgIpc) is 3.05. The third kappa shape index (κ3) is 12.7. The topological polar surface area (TPSA) is 105 Å². The van der Waals surface area contributed by atoms with E-state index in [1.165, 1.54) is 5.56 Å². The second kappa shape index (κ2) is 20.7. The quantitative estimate of drug-likeness (QED) is 0.254. The Morgan fingerprint density at radius 1 is 1.00 bits per heavy atom. The van der Waals surface area contributed by atoms with Crippen molar-refractivity contribution in [2.75, 3.05) is 32.8 Å². The highest BCUT2D eigenvalue weighted by Crippen LogP contribution is 2.31. The molecule has 1 aromatic heterocycles. The van der Waals surface area contributed by atoms with Crippen LogP contribution in [-0.4, -0.2) is 87.8 Å². The molecule has 8 atom stereocenters. The fourth-order valence-electron chi connectivity index (χ4n) is 7.60. The van der Waals surface area contributed by atoms with Gasteiger partial charge >= 0.3 is 5.97 Å². The second-order valence-electron chi connectivity index (χ2n) is 15.4. The molecule has 9 nitrogen and oxygen atoms in total. The van der Waals surface area contributed by atoms with Crippen molar-refractivity contribution in [2.24, 2.45) is 35.0 Å². The lowest BCUT2D eigenvalue weighted by molar-refractivity contribution is -0.199. The molecule has 0 radical (unpaired) electrons.